The van der Waals surface area contributed by atoms with Crippen LogP contribution in [0.4, 0.5) is 18.9 Å². The van der Waals surface area contributed by atoms with E-state index in [0.29, 0.717) is 29.7 Å². The molecule has 2 N–H and O–H groups in total. The fourth-order valence-electron chi connectivity index (χ4n) is 4.95. The molecule has 4 aromatic rings. The Bertz CT molecular complexity index is 1610. The minimum absolute atomic E-state index is 0.0840. The minimum Gasteiger partial charge on any atom is -0.369 e. The maximum absolute atomic E-state index is 13.2. The SMILES string of the molecule is CCc1cc2ncc(CN3CCN(c4cccc(-c5ccc(C(F)(F)F)nc5C(=O)NC)c4)CC3)cc2[nH]c1=O. The quantitative estimate of drug-likeness (QED) is 0.373. The third-order valence-electron chi connectivity index (χ3n) is 7.14. The number of hydrogen-bond donors (Lipinski definition) is 2. The highest BCUT2D eigenvalue weighted by Crippen LogP contribution is 2.32. The van der Waals surface area contributed by atoms with Crippen LogP contribution in [-0.2, 0) is 19.1 Å². The highest BCUT2D eigenvalue weighted by Gasteiger charge is 2.34. The zero-order valence-electron chi connectivity index (χ0n) is 22.2. The number of nitrogens with zero attached hydrogens (tertiary/aromatic N) is 4. The van der Waals surface area contributed by atoms with Crippen LogP contribution in [0.5, 0.6) is 0 Å². The van der Waals surface area contributed by atoms with E-state index in [0.717, 1.165) is 54.5 Å². The van der Waals surface area contributed by atoms with Crippen LogP contribution in [0.3, 0.4) is 0 Å². The number of aryl methyl sites for hydroxylation is 1. The number of fused-ring (bicyclic) bond motifs is 1. The smallest absolute Gasteiger partial charge is 0.369 e. The average Bonchev–Trinajstić information content (AvgIpc) is 2.96. The number of alkyl halides is 3. The van der Waals surface area contributed by atoms with Crippen molar-refractivity contribution in [3.05, 3.63) is 87.6 Å². The number of hydrogen-bond acceptors (Lipinski definition) is 6. The molecule has 1 amide bonds. The van der Waals surface area contributed by atoms with E-state index in [1.807, 2.05) is 43.5 Å². The molecule has 1 aliphatic heterocycles. The second-order valence-corrected chi connectivity index (χ2v) is 9.74. The van der Waals surface area contributed by atoms with Gasteiger partial charge >= 0.3 is 6.18 Å². The molecule has 0 atom stereocenters. The van der Waals surface area contributed by atoms with Gasteiger partial charge in [0.25, 0.3) is 11.5 Å². The molecular weight excluding hydrogens is 521 g/mol. The Kier molecular flexibility index (Phi) is 7.57. The molecule has 4 heterocycles. The summed E-state index contributed by atoms with van der Waals surface area (Å²) in [6.45, 7) is 5.71. The summed E-state index contributed by atoms with van der Waals surface area (Å²) >= 11 is 0. The molecule has 11 heteroatoms. The van der Waals surface area contributed by atoms with Gasteiger partial charge in [0.1, 0.15) is 11.4 Å². The molecule has 208 valence electrons. The van der Waals surface area contributed by atoms with E-state index >= 15 is 0 Å². The van der Waals surface area contributed by atoms with Crippen LogP contribution < -0.4 is 15.8 Å². The van der Waals surface area contributed by atoms with Crippen molar-refractivity contribution in [2.75, 3.05) is 38.1 Å². The lowest BCUT2D eigenvalue weighted by Gasteiger charge is -2.36. The Morgan fingerprint density at radius 2 is 1.85 bits per heavy atom. The third-order valence-corrected chi connectivity index (χ3v) is 7.14. The van der Waals surface area contributed by atoms with Crippen LogP contribution in [0.2, 0.25) is 0 Å². The summed E-state index contributed by atoms with van der Waals surface area (Å²) < 4.78 is 39.7. The van der Waals surface area contributed by atoms with E-state index in [-0.39, 0.29) is 11.3 Å². The summed E-state index contributed by atoms with van der Waals surface area (Å²) in [7, 11) is 1.36. The summed E-state index contributed by atoms with van der Waals surface area (Å²) in [6, 6.07) is 13.4. The number of aromatic nitrogens is 3. The standard InChI is InChI=1S/C29H29F3N6O2/c1-3-19-15-23-24(35-27(19)39)13-18(16-34-23)17-37-9-11-38(12-10-37)21-6-4-5-20(14-21)22-7-8-25(29(30,31)32)36-26(22)28(40)33-2/h4-8,13-16H,3,9-12,17H2,1-2H3,(H,33,40)(H,35,39). The number of H-pyrrole nitrogens is 1. The number of halogens is 3. The predicted octanol–water partition coefficient (Wildman–Crippen LogP) is 4.25. The predicted molar refractivity (Wildman–Crippen MR) is 147 cm³/mol. The first kappa shape index (κ1) is 27.3. The van der Waals surface area contributed by atoms with E-state index in [2.05, 4.69) is 30.1 Å². The third kappa shape index (κ3) is 5.69. The summed E-state index contributed by atoms with van der Waals surface area (Å²) in [5.74, 6) is -0.682. The average molecular weight is 551 g/mol. The number of pyridine rings is 3. The van der Waals surface area contributed by atoms with Crippen molar-refractivity contribution >= 4 is 22.6 Å². The zero-order chi connectivity index (χ0) is 28.4. The molecular formula is C29H29F3N6O2. The fraction of sp³-hybridized carbons (Fsp3) is 0.310. The molecule has 0 saturated carbocycles. The Hall–Kier alpha value is -4.25. The van der Waals surface area contributed by atoms with Crippen molar-refractivity contribution in [1.82, 2.24) is 25.2 Å². The van der Waals surface area contributed by atoms with Crippen molar-refractivity contribution < 1.29 is 18.0 Å². The summed E-state index contributed by atoms with van der Waals surface area (Å²) in [5, 5.41) is 2.38. The maximum atomic E-state index is 13.2. The highest BCUT2D eigenvalue weighted by molar-refractivity contribution is 5.99. The van der Waals surface area contributed by atoms with E-state index in [4.69, 9.17) is 0 Å². The highest BCUT2D eigenvalue weighted by atomic mass is 19.4. The van der Waals surface area contributed by atoms with E-state index in [9.17, 15) is 22.8 Å². The van der Waals surface area contributed by atoms with Gasteiger partial charge < -0.3 is 15.2 Å². The lowest BCUT2D eigenvalue weighted by atomic mass is 10.0. The van der Waals surface area contributed by atoms with Crippen LogP contribution in [0.25, 0.3) is 22.2 Å². The fourth-order valence-corrected chi connectivity index (χ4v) is 4.95. The van der Waals surface area contributed by atoms with Gasteiger partial charge in [0.15, 0.2) is 0 Å². The van der Waals surface area contributed by atoms with Crippen LogP contribution >= 0.6 is 0 Å². The van der Waals surface area contributed by atoms with Crippen LogP contribution in [0.15, 0.2) is 59.5 Å². The van der Waals surface area contributed by atoms with Gasteiger partial charge in [0, 0.05) is 62.8 Å². The molecule has 8 nitrogen and oxygen atoms in total. The van der Waals surface area contributed by atoms with Gasteiger partial charge in [-0.15, -0.1) is 0 Å². The molecule has 0 radical (unpaired) electrons. The Morgan fingerprint density at radius 3 is 2.55 bits per heavy atom. The van der Waals surface area contributed by atoms with Crippen molar-refractivity contribution in [2.24, 2.45) is 0 Å². The molecule has 5 rings (SSSR count). The summed E-state index contributed by atoms with van der Waals surface area (Å²) in [5.41, 5.74) is 3.62. The van der Waals surface area contributed by atoms with Crippen molar-refractivity contribution in [3.63, 3.8) is 0 Å². The number of rotatable bonds is 6. The topological polar surface area (TPSA) is 94.2 Å². The number of piperazine rings is 1. The molecule has 0 bridgehead atoms. The van der Waals surface area contributed by atoms with Gasteiger partial charge in [-0.1, -0.05) is 19.1 Å². The number of carbonyl (C=O) groups excluding carboxylic acids is 1. The van der Waals surface area contributed by atoms with E-state index < -0.39 is 17.8 Å². The van der Waals surface area contributed by atoms with Crippen LogP contribution in [-0.4, -0.2) is 59.0 Å². The molecule has 0 aliphatic carbocycles. The van der Waals surface area contributed by atoms with E-state index in [1.165, 1.54) is 13.1 Å². The number of anilines is 1. The Balaban J connectivity index is 1.30. The lowest BCUT2D eigenvalue weighted by Crippen LogP contribution is -2.46. The molecule has 1 aromatic carbocycles. The van der Waals surface area contributed by atoms with Crippen molar-refractivity contribution in [3.8, 4) is 11.1 Å². The van der Waals surface area contributed by atoms with Gasteiger partial charge in [-0.2, -0.15) is 13.2 Å². The van der Waals surface area contributed by atoms with Gasteiger partial charge in [-0.25, -0.2) is 4.98 Å². The number of amides is 1. The van der Waals surface area contributed by atoms with Crippen molar-refractivity contribution in [1.29, 1.82) is 0 Å². The van der Waals surface area contributed by atoms with E-state index in [1.54, 1.807) is 6.07 Å². The molecule has 40 heavy (non-hydrogen) atoms. The largest absolute Gasteiger partial charge is 0.433 e. The summed E-state index contributed by atoms with van der Waals surface area (Å²) in [6.07, 6.45) is -2.15. The molecule has 0 spiro atoms. The zero-order valence-corrected chi connectivity index (χ0v) is 22.2. The van der Waals surface area contributed by atoms with Crippen molar-refractivity contribution in [2.45, 2.75) is 26.1 Å². The number of aromatic amines is 1. The van der Waals surface area contributed by atoms with Crippen LogP contribution in [0, 0.1) is 0 Å². The number of benzene rings is 1. The molecule has 1 saturated heterocycles. The molecule has 3 aromatic heterocycles. The molecule has 1 fully saturated rings. The summed E-state index contributed by atoms with van der Waals surface area (Å²) in [4.78, 5) is 40.2. The van der Waals surface area contributed by atoms with Gasteiger partial charge in [-0.05, 0) is 53.9 Å². The molecule has 1 aliphatic rings. The first-order valence-electron chi connectivity index (χ1n) is 13.0. The first-order valence-corrected chi connectivity index (χ1v) is 13.0. The van der Waals surface area contributed by atoms with Gasteiger partial charge in [-0.3, -0.25) is 19.5 Å². The minimum atomic E-state index is -4.65. The second kappa shape index (κ2) is 11.1. The Labute approximate surface area is 228 Å². The maximum Gasteiger partial charge on any atom is 0.433 e. The number of nitrogens with one attached hydrogen (secondary N) is 2. The lowest BCUT2D eigenvalue weighted by molar-refractivity contribution is -0.141. The molecule has 0 unspecified atom stereocenters. The second-order valence-electron chi connectivity index (χ2n) is 9.74. The number of carbonyl (C=O) groups is 1. The monoisotopic (exact) mass is 550 g/mol. The van der Waals surface area contributed by atoms with Gasteiger partial charge in [0.05, 0.1) is 11.0 Å². The van der Waals surface area contributed by atoms with Gasteiger partial charge in [0.2, 0.25) is 0 Å². The van der Waals surface area contributed by atoms with Crippen LogP contribution in [0.1, 0.15) is 34.2 Å². The first-order chi connectivity index (χ1) is 19.2. The normalized spacial score (nSPS) is 14.5. The Morgan fingerprint density at radius 1 is 1.07 bits per heavy atom.